The fourth-order valence-electron chi connectivity index (χ4n) is 1.68. The minimum absolute atomic E-state index is 0.0414. The normalized spacial score (nSPS) is 12.3. The van der Waals surface area contributed by atoms with Crippen LogP contribution < -0.4 is 10.6 Å². The molecular weight excluding hydrogens is 300 g/mol. The summed E-state index contributed by atoms with van der Waals surface area (Å²) in [7, 11) is 1.29. The standard InChI is InChI=1S/C12H13F6N3/c1-21(5-4-11(13,14)15)9-3-2-7(12(16,17)18)6-8(9)10(19)20/h2-3,6H,4-5H2,1H3,(H3,19,20). The quantitative estimate of drug-likeness (QED) is 0.509. The fraction of sp³-hybridized carbons (Fsp3) is 0.417. The maximum absolute atomic E-state index is 12.6. The monoisotopic (exact) mass is 313 g/mol. The van der Waals surface area contributed by atoms with Gasteiger partial charge in [-0.15, -0.1) is 0 Å². The van der Waals surface area contributed by atoms with Gasteiger partial charge in [-0.1, -0.05) is 0 Å². The predicted molar refractivity (Wildman–Crippen MR) is 66.4 cm³/mol. The van der Waals surface area contributed by atoms with Gasteiger partial charge in [-0.2, -0.15) is 26.3 Å². The van der Waals surface area contributed by atoms with Crippen molar-refractivity contribution in [1.29, 1.82) is 5.41 Å². The van der Waals surface area contributed by atoms with Gasteiger partial charge in [0.2, 0.25) is 0 Å². The highest BCUT2D eigenvalue weighted by Crippen LogP contribution is 2.33. The molecule has 0 saturated carbocycles. The summed E-state index contributed by atoms with van der Waals surface area (Å²) in [6, 6.07) is 2.41. The van der Waals surface area contributed by atoms with E-state index in [0.717, 1.165) is 17.0 Å². The number of amidine groups is 1. The Labute approximate surface area is 116 Å². The van der Waals surface area contributed by atoms with Crippen LogP contribution in [-0.2, 0) is 6.18 Å². The molecule has 3 nitrogen and oxygen atoms in total. The Morgan fingerprint density at radius 2 is 1.76 bits per heavy atom. The maximum Gasteiger partial charge on any atom is 0.416 e. The molecule has 0 atom stereocenters. The third-order valence-corrected chi connectivity index (χ3v) is 2.76. The number of nitrogen functional groups attached to an aromatic ring is 1. The minimum atomic E-state index is -4.62. The maximum atomic E-state index is 12.6. The van der Waals surface area contributed by atoms with Gasteiger partial charge < -0.3 is 10.6 Å². The first-order chi connectivity index (χ1) is 9.42. The molecule has 0 unspecified atom stereocenters. The Balaban J connectivity index is 3.09. The molecule has 0 radical (unpaired) electrons. The summed E-state index contributed by atoms with van der Waals surface area (Å²) in [6.07, 6.45) is -10.1. The molecule has 0 amide bonds. The number of alkyl halides is 6. The van der Waals surface area contributed by atoms with Gasteiger partial charge in [0.25, 0.3) is 0 Å². The molecule has 1 aromatic carbocycles. The SMILES string of the molecule is CN(CCC(F)(F)F)c1ccc(C(F)(F)F)cc1C(=N)N. The van der Waals surface area contributed by atoms with Gasteiger partial charge in [0.1, 0.15) is 5.84 Å². The van der Waals surface area contributed by atoms with Crippen LogP contribution in [-0.4, -0.2) is 25.6 Å². The minimum Gasteiger partial charge on any atom is -0.384 e. The molecule has 0 aliphatic carbocycles. The van der Waals surface area contributed by atoms with E-state index < -0.39 is 36.7 Å². The number of benzene rings is 1. The van der Waals surface area contributed by atoms with Crippen molar-refractivity contribution in [2.75, 3.05) is 18.5 Å². The number of anilines is 1. The first-order valence-electron chi connectivity index (χ1n) is 5.75. The Bertz CT molecular complexity index is 521. The van der Waals surface area contributed by atoms with Crippen molar-refractivity contribution in [2.45, 2.75) is 18.8 Å². The number of nitrogens with two attached hydrogens (primary N) is 1. The third kappa shape index (κ3) is 4.83. The largest absolute Gasteiger partial charge is 0.416 e. The average Bonchev–Trinajstić information content (AvgIpc) is 2.33. The summed E-state index contributed by atoms with van der Waals surface area (Å²) in [5.74, 6) is -0.644. The van der Waals surface area contributed by atoms with E-state index in [4.69, 9.17) is 11.1 Å². The van der Waals surface area contributed by atoms with E-state index in [2.05, 4.69) is 0 Å². The number of hydrogen-bond acceptors (Lipinski definition) is 2. The first kappa shape index (κ1) is 17.1. The summed E-state index contributed by atoms with van der Waals surface area (Å²) in [5, 5.41) is 7.29. The van der Waals surface area contributed by atoms with Crippen molar-refractivity contribution in [3.05, 3.63) is 29.3 Å². The van der Waals surface area contributed by atoms with E-state index in [1.165, 1.54) is 7.05 Å². The molecule has 118 valence electrons. The molecule has 0 spiro atoms. The molecule has 1 rings (SSSR count). The lowest BCUT2D eigenvalue weighted by Crippen LogP contribution is -2.27. The van der Waals surface area contributed by atoms with Gasteiger partial charge in [-0.05, 0) is 18.2 Å². The number of rotatable bonds is 4. The van der Waals surface area contributed by atoms with Crippen LogP contribution in [0, 0.1) is 5.41 Å². The van der Waals surface area contributed by atoms with Crippen molar-refractivity contribution in [1.82, 2.24) is 0 Å². The molecule has 0 aliphatic rings. The fourth-order valence-corrected chi connectivity index (χ4v) is 1.68. The summed E-state index contributed by atoms with van der Waals surface area (Å²) in [5.41, 5.74) is 3.99. The van der Waals surface area contributed by atoms with Crippen molar-refractivity contribution in [3.8, 4) is 0 Å². The molecule has 0 aromatic heterocycles. The summed E-state index contributed by atoms with van der Waals surface area (Å²) < 4.78 is 74.3. The molecular formula is C12H13F6N3. The summed E-state index contributed by atoms with van der Waals surface area (Å²) >= 11 is 0. The van der Waals surface area contributed by atoms with Crippen LogP contribution in [0.2, 0.25) is 0 Å². The van der Waals surface area contributed by atoms with Crippen LogP contribution in [0.3, 0.4) is 0 Å². The van der Waals surface area contributed by atoms with Crippen LogP contribution in [0.4, 0.5) is 32.0 Å². The molecule has 9 heteroatoms. The van der Waals surface area contributed by atoms with E-state index in [9.17, 15) is 26.3 Å². The molecule has 0 heterocycles. The van der Waals surface area contributed by atoms with Gasteiger partial charge in [0, 0.05) is 24.8 Å². The predicted octanol–water partition coefficient (Wildman–Crippen LogP) is 3.38. The van der Waals surface area contributed by atoms with E-state index in [-0.39, 0.29) is 11.3 Å². The molecule has 21 heavy (non-hydrogen) atoms. The molecule has 1 aromatic rings. The van der Waals surface area contributed by atoms with Gasteiger partial charge in [-0.3, -0.25) is 5.41 Å². The second-order valence-electron chi connectivity index (χ2n) is 4.43. The van der Waals surface area contributed by atoms with E-state index >= 15 is 0 Å². The third-order valence-electron chi connectivity index (χ3n) is 2.76. The average molecular weight is 313 g/mol. The van der Waals surface area contributed by atoms with Crippen LogP contribution >= 0.6 is 0 Å². The van der Waals surface area contributed by atoms with Gasteiger partial charge >= 0.3 is 12.4 Å². The summed E-state index contributed by atoms with van der Waals surface area (Å²) in [4.78, 5) is 1.12. The lowest BCUT2D eigenvalue weighted by Gasteiger charge is -2.23. The van der Waals surface area contributed by atoms with Crippen molar-refractivity contribution in [2.24, 2.45) is 5.73 Å². The lowest BCUT2D eigenvalue weighted by molar-refractivity contribution is -0.137. The first-order valence-corrected chi connectivity index (χ1v) is 5.75. The second-order valence-corrected chi connectivity index (χ2v) is 4.43. The highest BCUT2D eigenvalue weighted by molar-refractivity contribution is 6.00. The van der Waals surface area contributed by atoms with Crippen LogP contribution in [0.1, 0.15) is 17.5 Å². The van der Waals surface area contributed by atoms with Crippen molar-refractivity contribution >= 4 is 11.5 Å². The van der Waals surface area contributed by atoms with Crippen LogP contribution in [0.15, 0.2) is 18.2 Å². The number of hydrogen-bond donors (Lipinski definition) is 2. The summed E-state index contributed by atoms with van der Waals surface area (Å²) in [6.45, 7) is -0.449. The van der Waals surface area contributed by atoms with Crippen LogP contribution in [0.25, 0.3) is 0 Å². The highest BCUT2D eigenvalue weighted by atomic mass is 19.4. The number of nitrogens with zero attached hydrogens (tertiary/aromatic N) is 1. The topological polar surface area (TPSA) is 53.1 Å². The molecule has 3 N–H and O–H groups in total. The van der Waals surface area contributed by atoms with Crippen molar-refractivity contribution in [3.63, 3.8) is 0 Å². The zero-order chi connectivity index (χ0) is 16.4. The Morgan fingerprint density at radius 1 is 1.19 bits per heavy atom. The zero-order valence-electron chi connectivity index (χ0n) is 10.9. The molecule has 0 saturated heterocycles. The Morgan fingerprint density at radius 3 is 2.19 bits per heavy atom. The van der Waals surface area contributed by atoms with Gasteiger partial charge in [0.15, 0.2) is 0 Å². The highest BCUT2D eigenvalue weighted by Gasteiger charge is 2.32. The number of nitrogens with one attached hydrogen (secondary N) is 1. The van der Waals surface area contributed by atoms with Crippen molar-refractivity contribution < 1.29 is 26.3 Å². The van der Waals surface area contributed by atoms with Gasteiger partial charge in [0.05, 0.1) is 12.0 Å². The van der Waals surface area contributed by atoms with Gasteiger partial charge in [-0.25, -0.2) is 0 Å². The molecule has 0 fully saturated rings. The Hall–Kier alpha value is -1.93. The lowest BCUT2D eigenvalue weighted by atomic mass is 10.1. The smallest absolute Gasteiger partial charge is 0.384 e. The van der Waals surface area contributed by atoms with E-state index in [1.54, 1.807) is 0 Å². The second kappa shape index (κ2) is 5.82. The Kier molecular flexibility index (Phi) is 4.75. The van der Waals surface area contributed by atoms with E-state index in [0.29, 0.717) is 6.07 Å². The zero-order valence-corrected chi connectivity index (χ0v) is 10.9. The van der Waals surface area contributed by atoms with Crippen LogP contribution in [0.5, 0.6) is 0 Å². The molecule has 0 aliphatic heterocycles. The number of halogens is 6. The van der Waals surface area contributed by atoms with E-state index in [1.807, 2.05) is 0 Å². The molecule has 0 bridgehead atoms.